The fourth-order valence-electron chi connectivity index (χ4n) is 5.61. The van der Waals surface area contributed by atoms with Gasteiger partial charge in [-0.3, -0.25) is 4.79 Å². The van der Waals surface area contributed by atoms with Gasteiger partial charge in [0.2, 0.25) is 5.91 Å². The van der Waals surface area contributed by atoms with E-state index in [-0.39, 0.29) is 29.2 Å². The van der Waals surface area contributed by atoms with Crippen molar-refractivity contribution in [2.75, 3.05) is 32.9 Å². The van der Waals surface area contributed by atoms with Crippen molar-refractivity contribution in [1.82, 2.24) is 4.90 Å². The predicted octanol–water partition coefficient (Wildman–Crippen LogP) is 4.39. The molecule has 3 aliphatic rings. The van der Waals surface area contributed by atoms with Crippen molar-refractivity contribution in [2.24, 2.45) is 5.41 Å². The lowest BCUT2D eigenvalue weighted by Crippen LogP contribution is -2.53. The summed E-state index contributed by atoms with van der Waals surface area (Å²) in [5.41, 5.74) is 0.528. The van der Waals surface area contributed by atoms with Gasteiger partial charge in [-0.1, -0.05) is 42.5 Å². The number of rotatable bonds is 5. The summed E-state index contributed by atoms with van der Waals surface area (Å²) in [6, 6.07) is 16.8. The summed E-state index contributed by atoms with van der Waals surface area (Å²) in [5.74, 6) is 0.179. The van der Waals surface area contributed by atoms with Gasteiger partial charge < -0.3 is 19.1 Å². The largest absolute Gasteiger partial charge is 0.485 e. The zero-order valence-corrected chi connectivity index (χ0v) is 19.0. The Bertz CT molecular complexity index is 952. The molecule has 0 aromatic heterocycles. The molecule has 2 aromatic carbocycles. The Morgan fingerprint density at radius 1 is 1.00 bits per heavy atom. The Morgan fingerprint density at radius 3 is 2.42 bits per heavy atom. The average Bonchev–Trinajstić information content (AvgIpc) is 3.23. The van der Waals surface area contributed by atoms with Crippen LogP contribution in [-0.2, 0) is 20.7 Å². The van der Waals surface area contributed by atoms with Crippen LogP contribution in [0, 0.1) is 11.2 Å². The predicted molar refractivity (Wildman–Crippen MR) is 123 cm³/mol. The van der Waals surface area contributed by atoms with E-state index in [0.717, 1.165) is 38.5 Å². The van der Waals surface area contributed by atoms with Crippen LogP contribution in [0.15, 0.2) is 54.6 Å². The van der Waals surface area contributed by atoms with E-state index in [9.17, 15) is 9.18 Å². The van der Waals surface area contributed by atoms with Crippen molar-refractivity contribution in [3.05, 3.63) is 66.0 Å². The van der Waals surface area contributed by atoms with Crippen LogP contribution >= 0.6 is 0 Å². The molecule has 0 bridgehead atoms. The van der Waals surface area contributed by atoms with Gasteiger partial charge in [-0.25, -0.2) is 4.39 Å². The molecule has 5 nitrogen and oxygen atoms in total. The van der Waals surface area contributed by atoms with Gasteiger partial charge >= 0.3 is 0 Å². The number of amides is 1. The summed E-state index contributed by atoms with van der Waals surface area (Å²) in [5, 5.41) is 0. The van der Waals surface area contributed by atoms with Gasteiger partial charge in [0.05, 0.1) is 17.6 Å². The first kappa shape index (κ1) is 22.4. The van der Waals surface area contributed by atoms with Gasteiger partial charge in [-0.15, -0.1) is 0 Å². The molecule has 3 saturated heterocycles. The SMILES string of the molecule is O=C(N1CCC2(CC1)CC(Oc1ccccc1F)CO2)C1(Cc2ccccc2)CCOCC1. The highest BCUT2D eigenvalue weighted by molar-refractivity contribution is 5.83. The van der Waals surface area contributed by atoms with Gasteiger partial charge in [0.25, 0.3) is 0 Å². The van der Waals surface area contributed by atoms with E-state index < -0.39 is 5.41 Å². The Kier molecular flexibility index (Phi) is 6.39. The third kappa shape index (κ3) is 4.78. The Hall–Kier alpha value is -2.44. The highest BCUT2D eigenvalue weighted by atomic mass is 19.1. The van der Waals surface area contributed by atoms with E-state index in [1.807, 2.05) is 23.1 Å². The van der Waals surface area contributed by atoms with E-state index in [2.05, 4.69) is 12.1 Å². The first-order valence-electron chi connectivity index (χ1n) is 12.0. The molecule has 33 heavy (non-hydrogen) atoms. The van der Waals surface area contributed by atoms with Gasteiger partial charge in [0.1, 0.15) is 6.10 Å². The van der Waals surface area contributed by atoms with Crippen LogP contribution in [0.3, 0.4) is 0 Å². The molecule has 0 radical (unpaired) electrons. The summed E-state index contributed by atoms with van der Waals surface area (Å²) in [7, 11) is 0. The zero-order valence-electron chi connectivity index (χ0n) is 19.0. The van der Waals surface area contributed by atoms with E-state index in [1.54, 1.807) is 18.2 Å². The molecule has 1 unspecified atom stereocenters. The number of para-hydroxylation sites is 1. The highest BCUT2D eigenvalue weighted by Gasteiger charge is 2.48. The number of benzene rings is 2. The summed E-state index contributed by atoms with van der Waals surface area (Å²) in [4.78, 5) is 15.8. The number of halogens is 1. The molecule has 2 aromatic rings. The van der Waals surface area contributed by atoms with Crippen LogP contribution < -0.4 is 4.74 Å². The molecule has 1 spiro atoms. The standard InChI is InChI=1S/C27H32FNO4/c28-23-8-4-5-9-24(23)33-22-19-27(32-20-22)10-14-29(15-11-27)25(30)26(12-16-31-17-13-26)18-21-6-2-1-3-7-21/h1-9,22H,10-20H2. The number of piperidine rings is 1. The molecule has 1 amide bonds. The van der Waals surface area contributed by atoms with Crippen LogP contribution in [0.5, 0.6) is 5.75 Å². The first-order valence-corrected chi connectivity index (χ1v) is 12.0. The molecule has 176 valence electrons. The second kappa shape index (κ2) is 9.43. The van der Waals surface area contributed by atoms with Crippen LogP contribution in [0.1, 0.15) is 37.7 Å². The van der Waals surface area contributed by atoms with Crippen molar-refractivity contribution >= 4 is 5.91 Å². The fraction of sp³-hybridized carbons (Fsp3) is 0.519. The molecule has 1 atom stereocenters. The minimum Gasteiger partial charge on any atom is -0.485 e. The lowest BCUT2D eigenvalue weighted by molar-refractivity contribution is -0.152. The number of carbonyl (C=O) groups is 1. The third-order valence-electron chi connectivity index (χ3n) is 7.56. The molecule has 0 saturated carbocycles. The number of hydrogen-bond acceptors (Lipinski definition) is 4. The fourth-order valence-corrected chi connectivity index (χ4v) is 5.61. The van der Waals surface area contributed by atoms with E-state index >= 15 is 0 Å². The monoisotopic (exact) mass is 453 g/mol. The molecular formula is C27H32FNO4. The van der Waals surface area contributed by atoms with Gasteiger partial charge in [0, 0.05) is 32.7 Å². The van der Waals surface area contributed by atoms with Crippen LogP contribution in [0.4, 0.5) is 4.39 Å². The lowest BCUT2D eigenvalue weighted by atomic mass is 9.73. The second-order valence-electron chi connectivity index (χ2n) is 9.72. The van der Waals surface area contributed by atoms with E-state index in [1.165, 1.54) is 11.6 Å². The van der Waals surface area contributed by atoms with E-state index in [0.29, 0.717) is 32.9 Å². The number of likely N-dealkylation sites (tertiary alicyclic amines) is 1. The third-order valence-corrected chi connectivity index (χ3v) is 7.56. The minimum absolute atomic E-state index is 0.163. The van der Waals surface area contributed by atoms with Gasteiger partial charge in [-0.2, -0.15) is 0 Å². The molecule has 3 heterocycles. The lowest BCUT2D eigenvalue weighted by Gasteiger charge is -2.44. The maximum Gasteiger partial charge on any atom is 0.229 e. The van der Waals surface area contributed by atoms with Crippen molar-refractivity contribution in [3.8, 4) is 5.75 Å². The normalized spacial score (nSPS) is 24.0. The number of nitrogens with zero attached hydrogens (tertiary/aromatic N) is 1. The van der Waals surface area contributed by atoms with Gasteiger partial charge in [0.15, 0.2) is 11.6 Å². The molecule has 3 fully saturated rings. The van der Waals surface area contributed by atoms with Crippen LogP contribution in [0.2, 0.25) is 0 Å². The molecule has 3 aliphatic heterocycles. The van der Waals surface area contributed by atoms with E-state index in [4.69, 9.17) is 14.2 Å². The Balaban J connectivity index is 1.22. The molecular weight excluding hydrogens is 421 g/mol. The van der Waals surface area contributed by atoms with Crippen LogP contribution in [-0.4, -0.2) is 55.4 Å². The summed E-state index contributed by atoms with van der Waals surface area (Å²) < 4.78 is 31.7. The summed E-state index contributed by atoms with van der Waals surface area (Å²) in [6.45, 7) is 3.09. The first-order chi connectivity index (χ1) is 16.1. The summed E-state index contributed by atoms with van der Waals surface area (Å²) in [6.07, 6.45) is 4.42. The van der Waals surface area contributed by atoms with Crippen LogP contribution in [0.25, 0.3) is 0 Å². The Labute approximate surface area is 194 Å². The minimum atomic E-state index is -0.392. The second-order valence-corrected chi connectivity index (χ2v) is 9.72. The number of carbonyl (C=O) groups excluding carboxylic acids is 1. The zero-order chi connectivity index (χ0) is 22.7. The van der Waals surface area contributed by atoms with Crippen molar-refractivity contribution in [2.45, 2.75) is 50.2 Å². The average molecular weight is 454 g/mol. The highest BCUT2D eigenvalue weighted by Crippen LogP contribution is 2.41. The van der Waals surface area contributed by atoms with Gasteiger partial charge in [-0.05, 0) is 49.8 Å². The maximum absolute atomic E-state index is 14.0. The van der Waals surface area contributed by atoms with Crippen molar-refractivity contribution < 1.29 is 23.4 Å². The Morgan fingerprint density at radius 2 is 1.70 bits per heavy atom. The smallest absolute Gasteiger partial charge is 0.229 e. The quantitative estimate of drug-likeness (QED) is 0.674. The van der Waals surface area contributed by atoms with Crippen molar-refractivity contribution in [3.63, 3.8) is 0 Å². The topological polar surface area (TPSA) is 48.0 Å². The molecule has 0 aliphatic carbocycles. The molecule has 0 N–H and O–H groups in total. The number of hydrogen-bond donors (Lipinski definition) is 0. The molecule has 5 rings (SSSR count). The van der Waals surface area contributed by atoms with Crippen molar-refractivity contribution in [1.29, 1.82) is 0 Å². The molecule has 6 heteroatoms. The summed E-state index contributed by atoms with van der Waals surface area (Å²) >= 11 is 0. The number of ether oxygens (including phenoxy) is 3. The maximum atomic E-state index is 14.0.